The number of benzene rings is 1. The number of aromatic hydroxyl groups is 1. The van der Waals surface area contributed by atoms with Crippen LogP contribution < -0.4 is 0 Å². The van der Waals surface area contributed by atoms with E-state index in [0.29, 0.717) is 47.4 Å². The minimum absolute atomic E-state index is 0.0274. The molecule has 28 heavy (non-hydrogen) atoms. The summed E-state index contributed by atoms with van der Waals surface area (Å²) in [5.74, 6) is 0.157. The van der Waals surface area contributed by atoms with Crippen molar-refractivity contribution in [1.29, 1.82) is 0 Å². The number of thiazole rings is 1. The topological polar surface area (TPSA) is 91.0 Å². The molecule has 1 saturated heterocycles. The lowest BCUT2D eigenvalue weighted by atomic mass is 10.0. The first-order valence-electron chi connectivity index (χ1n) is 8.73. The van der Waals surface area contributed by atoms with Crippen LogP contribution in [-0.4, -0.2) is 69.8 Å². The van der Waals surface area contributed by atoms with Crippen LogP contribution in [0.4, 0.5) is 4.39 Å². The summed E-state index contributed by atoms with van der Waals surface area (Å²) in [6.07, 6.45) is 1.20. The van der Waals surface area contributed by atoms with Crippen molar-refractivity contribution >= 4 is 26.3 Å². The Morgan fingerprint density at radius 2 is 1.96 bits per heavy atom. The zero-order valence-corrected chi connectivity index (χ0v) is 17.0. The molecule has 1 fully saturated rings. The Hall–Kier alpha value is -2.08. The highest BCUT2D eigenvalue weighted by Crippen LogP contribution is 2.40. The molecule has 0 bridgehead atoms. The number of aromatic nitrogens is 3. The van der Waals surface area contributed by atoms with Crippen LogP contribution in [0.25, 0.3) is 4.96 Å². The molecule has 0 saturated carbocycles. The van der Waals surface area contributed by atoms with E-state index in [0.717, 1.165) is 0 Å². The van der Waals surface area contributed by atoms with Crippen LogP contribution in [0.1, 0.15) is 22.3 Å². The van der Waals surface area contributed by atoms with Crippen molar-refractivity contribution in [3.63, 3.8) is 0 Å². The molecule has 0 spiro atoms. The van der Waals surface area contributed by atoms with E-state index < -0.39 is 16.1 Å². The zero-order valence-electron chi connectivity index (χ0n) is 15.4. The van der Waals surface area contributed by atoms with E-state index in [2.05, 4.69) is 10.1 Å². The first-order chi connectivity index (χ1) is 13.2. The predicted octanol–water partition coefficient (Wildman–Crippen LogP) is 1.61. The van der Waals surface area contributed by atoms with Gasteiger partial charge in [-0.1, -0.05) is 23.5 Å². The maximum atomic E-state index is 13.9. The smallest absolute Gasteiger partial charge is 0.230 e. The molecule has 150 valence electrons. The van der Waals surface area contributed by atoms with Gasteiger partial charge < -0.3 is 5.11 Å². The van der Waals surface area contributed by atoms with Crippen LogP contribution in [0.15, 0.2) is 24.3 Å². The second-order valence-corrected chi connectivity index (χ2v) is 9.79. The van der Waals surface area contributed by atoms with Gasteiger partial charge in [-0.3, -0.25) is 4.90 Å². The van der Waals surface area contributed by atoms with E-state index in [1.54, 1.807) is 19.1 Å². The SMILES string of the molecule is Cc1nc2sc([C@H](c3cccc(F)c3)N3CCN(S(C)(=O)=O)CC3)c(O)n2n1. The van der Waals surface area contributed by atoms with Crippen molar-refractivity contribution in [2.75, 3.05) is 32.4 Å². The highest BCUT2D eigenvalue weighted by Gasteiger charge is 2.33. The van der Waals surface area contributed by atoms with Crippen LogP contribution in [0.2, 0.25) is 0 Å². The van der Waals surface area contributed by atoms with Gasteiger partial charge in [-0.2, -0.15) is 8.82 Å². The Kier molecular flexibility index (Phi) is 4.86. The number of nitrogens with zero attached hydrogens (tertiary/aromatic N) is 5. The van der Waals surface area contributed by atoms with Gasteiger partial charge in [0, 0.05) is 26.2 Å². The molecule has 0 amide bonds. The normalized spacial score (nSPS) is 18.0. The Morgan fingerprint density at radius 1 is 1.25 bits per heavy atom. The van der Waals surface area contributed by atoms with Crippen LogP contribution >= 0.6 is 11.3 Å². The third-order valence-corrected chi connectivity index (χ3v) is 7.20. The summed E-state index contributed by atoms with van der Waals surface area (Å²) < 4.78 is 40.4. The summed E-state index contributed by atoms with van der Waals surface area (Å²) in [5.41, 5.74) is 0.685. The molecule has 1 aromatic carbocycles. The Bertz CT molecular complexity index is 1120. The number of aryl methyl sites for hydroxylation is 1. The van der Waals surface area contributed by atoms with Gasteiger partial charge in [-0.15, -0.1) is 5.10 Å². The molecule has 3 aromatic rings. The number of halogens is 1. The van der Waals surface area contributed by atoms with Crippen molar-refractivity contribution in [2.24, 2.45) is 0 Å². The van der Waals surface area contributed by atoms with Gasteiger partial charge >= 0.3 is 0 Å². The van der Waals surface area contributed by atoms with E-state index in [4.69, 9.17) is 0 Å². The van der Waals surface area contributed by atoms with Crippen LogP contribution in [0, 0.1) is 12.7 Å². The van der Waals surface area contributed by atoms with Gasteiger partial charge in [-0.25, -0.2) is 17.8 Å². The molecular formula is C17H20FN5O3S2. The molecule has 11 heteroatoms. The van der Waals surface area contributed by atoms with Gasteiger partial charge in [-0.05, 0) is 24.6 Å². The molecule has 4 rings (SSSR count). The maximum absolute atomic E-state index is 13.9. The van der Waals surface area contributed by atoms with Crippen molar-refractivity contribution in [3.05, 3.63) is 46.3 Å². The Balaban J connectivity index is 1.74. The van der Waals surface area contributed by atoms with E-state index in [-0.39, 0.29) is 11.7 Å². The molecule has 1 aliphatic rings. The van der Waals surface area contributed by atoms with Crippen molar-refractivity contribution in [1.82, 2.24) is 23.8 Å². The van der Waals surface area contributed by atoms with Gasteiger partial charge in [0.2, 0.25) is 20.9 Å². The largest absolute Gasteiger partial charge is 0.492 e. The first-order valence-corrected chi connectivity index (χ1v) is 11.4. The van der Waals surface area contributed by atoms with Gasteiger partial charge in [0.05, 0.1) is 17.2 Å². The minimum atomic E-state index is -3.26. The highest BCUT2D eigenvalue weighted by atomic mass is 32.2. The Labute approximate surface area is 165 Å². The molecule has 1 atom stereocenters. The minimum Gasteiger partial charge on any atom is -0.492 e. The molecule has 3 heterocycles. The monoisotopic (exact) mass is 425 g/mol. The van der Waals surface area contributed by atoms with E-state index in [9.17, 15) is 17.9 Å². The second-order valence-electron chi connectivity index (χ2n) is 6.80. The van der Waals surface area contributed by atoms with Crippen LogP contribution in [0.5, 0.6) is 5.88 Å². The standard InChI is InChI=1S/C17H20FN5O3S2/c1-11-19-17-23(20-11)16(24)15(27-17)14(12-4-3-5-13(18)10-12)21-6-8-22(9-7-21)28(2,25)26/h3-5,10,14,24H,6-9H2,1-2H3/t14-/m0/s1. The molecule has 0 radical (unpaired) electrons. The lowest BCUT2D eigenvalue weighted by molar-refractivity contribution is 0.155. The highest BCUT2D eigenvalue weighted by molar-refractivity contribution is 7.88. The van der Waals surface area contributed by atoms with Crippen LogP contribution in [0.3, 0.4) is 0 Å². The summed E-state index contributed by atoms with van der Waals surface area (Å²) in [5, 5.41) is 15.0. The number of hydrogen-bond donors (Lipinski definition) is 1. The third kappa shape index (κ3) is 3.50. The number of hydrogen-bond acceptors (Lipinski definition) is 7. The number of rotatable bonds is 4. The lowest BCUT2D eigenvalue weighted by Gasteiger charge is -2.38. The van der Waals surface area contributed by atoms with Crippen LogP contribution in [-0.2, 0) is 10.0 Å². The fraction of sp³-hybridized carbons (Fsp3) is 0.412. The number of piperazine rings is 1. The van der Waals surface area contributed by atoms with E-state index in [1.165, 1.54) is 38.5 Å². The fourth-order valence-corrected chi connectivity index (χ4v) is 5.51. The van der Waals surface area contributed by atoms with Gasteiger partial charge in [0.15, 0.2) is 0 Å². The van der Waals surface area contributed by atoms with E-state index in [1.807, 2.05) is 4.90 Å². The lowest BCUT2D eigenvalue weighted by Crippen LogP contribution is -2.49. The molecular weight excluding hydrogens is 405 g/mol. The maximum Gasteiger partial charge on any atom is 0.230 e. The summed E-state index contributed by atoms with van der Waals surface area (Å²) in [7, 11) is -3.26. The predicted molar refractivity (Wildman–Crippen MR) is 103 cm³/mol. The molecule has 8 nitrogen and oxygen atoms in total. The van der Waals surface area contributed by atoms with Gasteiger partial charge in [0.25, 0.3) is 0 Å². The first kappa shape index (κ1) is 19.2. The van der Waals surface area contributed by atoms with Gasteiger partial charge in [0.1, 0.15) is 11.6 Å². The summed E-state index contributed by atoms with van der Waals surface area (Å²) >= 11 is 1.30. The zero-order chi connectivity index (χ0) is 20.1. The van der Waals surface area contributed by atoms with Crippen molar-refractivity contribution < 1.29 is 17.9 Å². The summed E-state index contributed by atoms with van der Waals surface area (Å²) in [4.78, 5) is 7.52. The number of sulfonamides is 1. The quantitative estimate of drug-likeness (QED) is 0.683. The average Bonchev–Trinajstić information content (AvgIpc) is 3.13. The number of fused-ring (bicyclic) bond motifs is 1. The molecule has 2 aromatic heterocycles. The Morgan fingerprint density at radius 3 is 2.57 bits per heavy atom. The van der Waals surface area contributed by atoms with Crippen molar-refractivity contribution in [3.8, 4) is 5.88 Å². The third-order valence-electron chi connectivity index (χ3n) is 4.83. The second kappa shape index (κ2) is 7.07. The molecule has 0 aliphatic carbocycles. The molecule has 0 unspecified atom stereocenters. The summed E-state index contributed by atoms with van der Waals surface area (Å²) in [6, 6.07) is 5.81. The summed E-state index contributed by atoms with van der Waals surface area (Å²) in [6.45, 7) is 3.34. The molecule has 1 aliphatic heterocycles. The fourth-order valence-electron chi connectivity index (χ4n) is 3.52. The van der Waals surface area contributed by atoms with Crippen molar-refractivity contribution in [2.45, 2.75) is 13.0 Å². The average molecular weight is 426 g/mol. The molecule has 1 N–H and O–H groups in total. The van der Waals surface area contributed by atoms with E-state index >= 15 is 0 Å².